The molecule has 0 aliphatic carbocycles. The number of para-hydroxylation sites is 1. The van der Waals surface area contributed by atoms with Gasteiger partial charge in [0.15, 0.2) is 17.3 Å². The quantitative estimate of drug-likeness (QED) is 0.374. The molecule has 2 heterocycles. The van der Waals surface area contributed by atoms with Gasteiger partial charge < -0.3 is 18.9 Å². The molecule has 0 unspecified atom stereocenters. The summed E-state index contributed by atoms with van der Waals surface area (Å²) in [5.41, 5.74) is 1.51. The fraction of sp³-hybridized carbons (Fsp3) is 0.444. The predicted octanol–water partition coefficient (Wildman–Crippen LogP) is 5.02. The van der Waals surface area contributed by atoms with Crippen LogP contribution in [-0.4, -0.2) is 75.0 Å². The van der Waals surface area contributed by atoms with E-state index in [0.29, 0.717) is 42.5 Å². The summed E-state index contributed by atoms with van der Waals surface area (Å²) >= 11 is 0. The van der Waals surface area contributed by atoms with Gasteiger partial charge in [0.25, 0.3) is 0 Å². The van der Waals surface area contributed by atoms with Gasteiger partial charge in [0, 0.05) is 56.6 Å². The number of anilines is 1. The molecule has 10 heteroatoms. The number of rotatable bonds is 10. The minimum Gasteiger partial charge on any atom is -0.493 e. The molecule has 4 rings (SSSR count). The molecule has 0 spiro atoms. The summed E-state index contributed by atoms with van der Waals surface area (Å²) in [6, 6.07) is 13.1. The summed E-state index contributed by atoms with van der Waals surface area (Å²) < 4.78 is 55.7. The van der Waals surface area contributed by atoms with Gasteiger partial charge in [-0.15, -0.1) is 0 Å². The molecule has 1 saturated heterocycles. The second-order valence-corrected chi connectivity index (χ2v) is 8.97. The highest BCUT2D eigenvalue weighted by Crippen LogP contribution is 2.37. The highest BCUT2D eigenvalue weighted by Gasteiger charge is 2.31. The molecular formula is C27H33F3N4O3. The number of alkyl halides is 3. The third-order valence-corrected chi connectivity index (χ3v) is 6.71. The number of nitrogens with zero attached hydrogens (tertiary/aromatic N) is 4. The van der Waals surface area contributed by atoms with Crippen LogP contribution in [0.5, 0.6) is 11.5 Å². The van der Waals surface area contributed by atoms with Crippen LogP contribution in [0.4, 0.5) is 18.9 Å². The summed E-state index contributed by atoms with van der Waals surface area (Å²) in [7, 11) is 3.20. The summed E-state index contributed by atoms with van der Waals surface area (Å²) in [6.07, 6.45) is -4.33. The lowest BCUT2D eigenvalue weighted by molar-refractivity contribution is -0.137. The third-order valence-electron chi connectivity index (χ3n) is 6.71. The molecule has 7 nitrogen and oxygen atoms in total. The van der Waals surface area contributed by atoms with Crippen molar-refractivity contribution in [1.82, 2.24) is 15.0 Å². The number of piperazine rings is 1. The molecule has 0 atom stereocenters. The number of aromatic nitrogens is 1. The van der Waals surface area contributed by atoms with E-state index in [1.54, 1.807) is 20.3 Å². The molecule has 0 bridgehead atoms. The van der Waals surface area contributed by atoms with E-state index in [2.05, 4.69) is 21.9 Å². The zero-order valence-corrected chi connectivity index (χ0v) is 21.4. The maximum Gasteiger partial charge on any atom is 0.416 e. The van der Waals surface area contributed by atoms with E-state index in [1.165, 1.54) is 12.1 Å². The summed E-state index contributed by atoms with van der Waals surface area (Å²) in [5, 5.41) is 4.24. The van der Waals surface area contributed by atoms with Crippen LogP contribution in [0.2, 0.25) is 0 Å². The molecule has 200 valence electrons. The zero-order chi connectivity index (χ0) is 26.4. The number of hydrogen-bond donors (Lipinski definition) is 0. The Kier molecular flexibility index (Phi) is 8.60. The molecule has 1 fully saturated rings. The monoisotopic (exact) mass is 518 g/mol. The third kappa shape index (κ3) is 6.56. The Morgan fingerprint density at radius 2 is 1.76 bits per heavy atom. The SMILES string of the molecule is CCN(CCN1CCN(c2cccc(C(F)(F)F)c2)CC1)Cc1cc(-c2cccc(OC)c2OC)no1. The van der Waals surface area contributed by atoms with Gasteiger partial charge in [0.2, 0.25) is 0 Å². The Morgan fingerprint density at radius 1 is 1.00 bits per heavy atom. The minimum absolute atomic E-state index is 0.605. The van der Waals surface area contributed by atoms with Crippen LogP contribution in [-0.2, 0) is 12.7 Å². The number of halogens is 3. The van der Waals surface area contributed by atoms with E-state index >= 15 is 0 Å². The van der Waals surface area contributed by atoms with Gasteiger partial charge in [-0.1, -0.05) is 24.2 Å². The maximum atomic E-state index is 13.1. The predicted molar refractivity (Wildman–Crippen MR) is 136 cm³/mol. The van der Waals surface area contributed by atoms with Gasteiger partial charge in [-0.3, -0.25) is 9.80 Å². The number of benzene rings is 2. The molecule has 2 aromatic carbocycles. The van der Waals surface area contributed by atoms with Crippen LogP contribution < -0.4 is 14.4 Å². The summed E-state index contributed by atoms with van der Waals surface area (Å²) in [6.45, 7) is 8.29. The Morgan fingerprint density at radius 3 is 2.43 bits per heavy atom. The van der Waals surface area contributed by atoms with Crippen LogP contribution in [0.1, 0.15) is 18.2 Å². The van der Waals surface area contributed by atoms with Crippen molar-refractivity contribution in [2.45, 2.75) is 19.6 Å². The van der Waals surface area contributed by atoms with E-state index in [4.69, 9.17) is 14.0 Å². The molecular weight excluding hydrogens is 485 g/mol. The van der Waals surface area contributed by atoms with Gasteiger partial charge in [-0.05, 0) is 36.9 Å². The number of hydrogen-bond acceptors (Lipinski definition) is 7. The number of ether oxygens (including phenoxy) is 2. The van der Waals surface area contributed by atoms with Crippen molar-refractivity contribution < 1.29 is 27.2 Å². The van der Waals surface area contributed by atoms with Crippen LogP contribution in [0.3, 0.4) is 0 Å². The van der Waals surface area contributed by atoms with Gasteiger partial charge >= 0.3 is 6.18 Å². The van der Waals surface area contributed by atoms with Crippen LogP contribution in [0, 0.1) is 0 Å². The topological polar surface area (TPSA) is 54.2 Å². The lowest BCUT2D eigenvalue weighted by Crippen LogP contribution is -2.48. The molecule has 1 aliphatic heterocycles. The van der Waals surface area contributed by atoms with E-state index < -0.39 is 11.7 Å². The first-order chi connectivity index (χ1) is 17.8. The van der Waals surface area contributed by atoms with E-state index in [0.717, 1.165) is 50.1 Å². The minimum atomic E-state index is -4.33. The molecule has 3 aromatic rings. The normalized spacial score (nSPS) is 14.8. The Balaban J connectivity index is 1.30. The Labute approximate surface area is 215 Å². The van der Waals surface area contributed by atoms with Crippen molar-refractivity contribution in [3.05, 3.63) is 59.9 Å². The highest BCUT2D eigenvalue weighted by molar-refractivity contribution is 5.71. The molecule has 0 radical (unpaired) electrons. The van der Waals surface area contributed by atoms with Gasteiger partial charge in [0.05, 0.1) is 26.3 Å². The van der Waals surface area contributed by atoms with Crippen LogP contribution in [0.15, 0.2) is 53.1 Å². The zero-order valence-electron chi connectivity index (χ0n) is 21.4. The molecule has 1 aliphatic rings. The van der Waals surface area contributed by atoms with Crippen LogP contribution in [0.25, 0.3) is 11.3 Å². The first-order valence-electron chi connectivity index (χ1n) is 12.4. The van der Waals surface area contributed by atoms with E-state index in [1.807, 2.05) is 29.2 Å². The summed E-state index contributed by atoms with van der Waals surface area (Å²) in [5.74, 6) is 2.01. The second-order valence-electron chi connectivity index (χ2n) is 8.97. The van der Waals surface area contributed by atoms with Crippen molar-refractivity contribution in [1.29, 1.82) is 0 Å². The van der Waals surface area contributed by atoms with Crippen molar-refractivity contribution in [3.8, 4) is 22.8 Å². The average Bonchev–Trinajstić information content (AvgIpc) is 3.38. The van der Waals surface area contributed by atoms with Crippen LogP contribution >= 0.6 is 0 Å². The first-order valence-corrected chi connectivity index (χ1v) is 12.4. The number of methoxy groups -OCH3 is 2. The molecule has 0 N–H and O–H groups in total. The Hall–Kier alpha value is -3.24. The fourth-order valence-corrected chi connectivity index (χ4v) is 4.56. The van der Waals surface area contributed by atoms with Gasteiger partial charge in [-0.2, -0.15) is 13.2 Å². The maximum absolute atomic E-state index is 13.1. The lowest BCUT2D eigenvalue weighted by atomic mass is 10.1. The largest absolute Gasteiger partial charge is 0.493 e. The van der Waals surface area contributed by atoms with Gasteiger partial charge in [-0.25, -0.2) is 0 Å². The van der Waals surface area contributed by atoms with Gasteiger partial charge in [0.1, 0.15) is 5.69 Å². The Bertz CT molecular complexity index is 1160. The standard InChI is InChI=1S/C27H33F3N4O3/c1-4-32(19-22-18-24(31-37-22)23-9-6-10-25(35-2)26(23)36-3)11-12-33-13-15-34(16-14-33)21-8-5-7-20(17-21)27(28,29)30/h5-10,17-18H,4,11-16,19H2,1-3H3. The molecule has 1 aromatic heterocycles. The van der Waals surface area contributed by atoms with E-state index in [9.17, 15) is 13.2 Å². The highest BCUT2D eigenvalue weighted by atomic mass is 19.4. The number of likely N-dealkylation sites (N-methyl/N-ethyl adjacent to an activating group) is 1. The first kappa shape index (κ1) is 26.8. The van der Waals surface area contributed by atoms with Crippen molar-refractivity contribution >= 4 is 5.69 Å². The molecule has 0 saturated carbocycles. The van der Waals surface area contributed by atoms with Crippen molar-refractivity contribution in [2.75, 3.05) is 64.9 Å². The summed E-state index contributed by atoms with van der Waals surface area (Å²) in [4.78, 5) is 6.65. The second kappa shape index (κ2) is 11.9. The smallest absolute Gasteiger partial charge is 0.416 e. The van der Waals surface area contributed by atoms with Crippen molar-refractivity contribution in [2.24, 2.45) is 0 Å². The molecule has 0 amide bonds. The van der Waals surface area contributed by atoms with Crippen molar-refractivity contribution in [3.63, 3.8) is 0 Å². The average molecular weight is 519 g/mol. The van der Waals surface area contributed by atoms with E-state index in [-0.39, 0.29) is 0 Å². The molecule has 37 heavy (non-hydrogen) atoms. The lowest BCUT2D eigenvalue weighted by Gasteiger charge is -2.37. The fourth-order valence-electron chi connectivity index (χ4n) is 4.56.